The number of carbonyl (C=O) groups excluding carboxylic acids is 1. The van der Waals surface area contributed by atoms with Crippen LogP contribution in [0.2, 0.25) is 0 Å². The molecule has 4 nitrogen and oxygen atoms in total. The monoisotopic (exact) mass is 325 g/mol. The average molecular weight is 326 g/mol. The molecule has 0 bridgehead atoms. The minimum absolute atomic E-state index is 0. The van der Waals surface area contributed by atoms with Gasteiger partial charge in [-0.25, -0.2) is 4.39 Å². The van der Waals surface area contributed by atoms with E-state index in [4.69, 9.17) is 0 Å². The van der Waals surface area contributed by atoms with E-state index in [9.17, 15) is 9.18 Å². The van der Waals surface area contributed by atoms with E-state index in [0.29, 0.717) is 18.7 Å². The van der Waals surface area contributed by atoms with Gasteiger partial charge in [0.25, 0.3) is 0 Å². The van der Waals surface area contributed by atoms with Crippen LogP contribution in [0.25, 0.3) is 0 Å². The van der Waals surface area contributed by atoms with Crippen molar-refractivity contribution in [3.63, 3.8) is 0 Å². The molecule has 0 saturated heterocycles. The van der Waals surface area contributed by atoms with Gasteiger partial charge in [0.15, 0.2) is 0 Å². The Bertz CT molecular complexity index is 417. The standard InChI is InChI=1S/C13H20FN3O.2ClH/c1-9(2)16-11-5-4-10(14)8-12(11)17-13(18)6-7-15-3;;/h4-5,8-9,15-16H,6-7H2,1-3H3,(H,17,18);2*1H. The number of hydrogen-bond acceptors (Lipinski definition) is 3. The molecule has 0 atom stereocenters. The van der Waals surface area contributed by atoms with Crippen molar-refractivity contribution in [3.8, 4) is 0 Å². The topological polar surface area (TPSA) is 53.2 Å². The molecule has 1 aromatic carbocycles. The van der Waals surface area contributed by atoms with Crippen LogP contribution in [0.3, 0.4) is 0 Å². The molecule has 116 valence electrons. The zero-order valence-corrected chi connectivity index (χ0v) is 13.5. The third kappa shape index (κ3) is 7.53. The second-order valence-electron chi connectivity index (χ2n) is 4.39. The number of anilines is 2. The number of rotatable bonds is 6. The Morgan fingerprint density at radius 3 is 2.45 bits per heavy atom. The van der Waals surface area contributed by atoms with E-state index in [-0.39, 0.29) is 42.6 Å². The Labute approximate surface area is 131 Å². The summed E-state index contributed by atoms with van der Waals surface area (Å²) in [5, 5.41) is 8.77. The second-order valence-corrected chi connectivity index (χ2v) is 4.39. The van der Waals surface area contributed by atoms with Crippen LogP contribution in [0.5, 0.6) is 0 Å². The van der Waals surface area contributed by atoms with Gasteiger partial charge in [-0.05, 0) is 39.1 Å². The lowest BCUT2D eigenvalue weighted by Crippen LogP contribution is -2.20. The number of halogens is 3. The van der Waals surface area contributed by atoms with Crippen molar-refractivity contribution in [2.45, 2.75) is 26.3 Å². The highest BCUT2D eigenvalue weighted by molar-refractivity contribution is 5.94. The third-order valence-corrected chi connectivity index (χ3v) is 2.30. The largest absolute Gasteiger partial charge is 0.381 e. The molecule has 0 fully saturated rings. The fourth-order valence-electron chi connectivity index (χ4n) is 1.51. The van der Waals surface area contributed by atoms with E-state index in [0.717, 1.165) is 5.69 Å². The van der Waals surface area contributed by atoms with Crippen molar-refractivity contribution in [1.29, 1.82) is 0 Å². The van der Waals surface area contributed by atoms with Gasteiger partial charge in [0.1, 0.15) is 5.82 Å². The highest BCUT2D eigenvalue weighted by Crippen LogP contribution is 2.23. The summed E-state index contributed by atoms with van der Waals surface area (Å²) >= 11 is 0. The molecule has 0 unspecified atom stereocenters. The Balaban J connectivity index is 0. The van der Waals surface area contributed by atoms with E-state index >= 15 is 0 Å². The summed E-state index contributed by atoms with van der Waals surface area (Å²) in [6.45, 7) is 4.56. The Morgan fingerprint density at radius 2 is 1.90 bits per heavy atom. The number of amides is 1. The Hall–Kier alpha value is -1.04. The van der Waals surface area contributed by atoms with Crippen molar-refractivity contribution < 1.29 is 9.18 Å². The summed E-state index contributed by atoms with van der Waals surface area (Å²) in [5.74, 6) is -0.505. The minimum atomic E-state index is -0.367. The van der Waals surface area contributed by atoms with Crippen molar-refractivity contribution in [2.75, 3.05) is 24.2 Å². The number of nitrogens with one attached hydrogen (secondary N) is 3. The summed E-state index contributed by atoms with van der Waals surface area (Å²) < 4.78 is 13.2. The normalized spacial score (nSPS) is 9.45. The van der Waals surface area contributed by atoms with Crippen molar-refractivity contribution in [1.82, 2.24) is 5.32 Å². The lowest BCUT2D eigenvalue weighted by atomic mass is 10.2. The summed E-state index contributed by atoms with van der Waals surface area (Å²) in [7, 11) is 1.78. The number of benzene rings is 1. The summed E-state index contributed by atoms with van der Waals surface area (Å²) in [6, 6.07) is 4.53. The zero-order valence-electron chi connectivity index (χ0n) is 11.8. The van der Waals surface area contributed by atoms with Crippen LogP contribution in [-0.4, -0.2) is 25.5 Å². The van der Waals surface area contributed by atoms with E-state index in [2.05, 4.69) is 16.0 Å². The molecule has 0 aromatic heterocycles. The van der Waals surface area contributed by atoms with Crippen LogP contribution in [0.15, 0.2) is 18.2 Å². The maximum atomic E-state index is 13.2. The molecule has 0 radical (unpaired) electrons. The molecule has 0 aliphatic rings. The zero-order chi connectivity index (χ0) is 13.5. The third-order valence-electron chi connectivity index (χ3n) is 2.30. The van der Waals surface area contributed by atoms with Crippen LogP contribution in [-0.2, 0) is 4.79 Å². The number of carbonyl (C=O) groups is 1. The molecule has 0 heterocycles. The Kier molecular flexibility index (Phi) is 11.4. The minimum Gasteiger partial charge on any atom is -0.381 e. The first-order valence-electron chi connectivity index (χ1n) is 6.03. The Morgan fingerprint density at radius 1 is 1.25 bits per heavy atom. The number of hydrogen-bond donors (Lipinski definition) is 3. The highest BCUT2D eigenvalue weighted by atomic mass is 35.5. The van der Waals surface area contributed by atoms with E-state index in [1.165, 1.54) is 12.1 Å². The lowest BCUT2D eigenvalue weighted by Gasteiger charge is -2.15. The smallest absolute Gasteiger partial charge is 0.225 e. The van der Waals surface area contributed by atoms with Gasteiger partial charge in [-0.3, -0.25) is 4.79 Å². The van der Waals surface area contributed by atoms with Gasteiger partial charge in [-0.15, -0.1) is 24.8 Å². The lowest BCUT2D eigenvalue weighted by molar-refractivity contribution is -0.116. The molecule has 0 saturated carbocycles. The first kappa shape index (κ1) is 21.3. The first-order chi connectivity index (χ1) is 8.52. The maximum absolute atomic E-state index is 13.2. The van der Waals surface area contributed by atoms with Gasteiger partial charge in [0, 0.05) is 19.0 Å². The molecular weight excluding hydrogens is 304 g/mol. The van der Waals surface area contributed by atoms with E-state index in [1.807, 2.05) is 13.8 Å². The molecular formula is C13H22Cl2FN3O. The van der Waals surface area contributed by atoms with Crippen LogP contribution < -0.4 is 16.0 Å². The van der Waals surface area contributed by atoms with Gasteiger partial charge in [-0.2, -0.15) is 0 Å². The molecule has 20 heavy (non-hydrogen) atoms. The first-order valence-corrected chi connectivity index (χ1v) is 6.03. The predicted octanol–water partition coefficient (Wildman–Crippen LogP) is 3.04. The van der Waals surface area contributed by atoms with Crippen LogP contribution >= 0.6 is 24.8 Å². The van der Waals surface area contributed by atoms with Gasteiger partial charge in [0.2, 0.25) is 5.91 Å². The molecule has 3 N–H and O–H groups in total. The highest BCUT2D eigenvalue weighted by Gasteiger charge is 2.08. The molecule has 0 aliphatic carbocycles. The second kappa shape index (κ2) is 10.7. The fourth-order valence-corrected chi connectivity index (χ4v) is 1.51. The molecule has 1 aromatic rings. The SMILES string of the molecule is CNCCC(=O)Nc1cc(F)ccc1NC(C)C.Cl.Cl. The molecule has 1 amide bonds. The molecule has 7 heteroatoms. The van der Waals surface area contributed by atoms with Crippen LogP contribution in [0.4, 0.5) is 15.8 Å². The van der Waals surface area contributed by atoms with E-state index in [1.54, 1.807) is 13.1 Å². The van der Waals surface area contributed by atoms with Crippen LogP contribution in [0, 0.1) is 5.82 Å². The van der Waals surface area contributed by atoms with Crippen molar-refractivity contribution >= 4 is 42.1 Å². The van der Waals surface area contributed by atoms with Crippen molar-refractivity contribution in [2.24, 2.45) is 0 Å². The molecule has 0 spiro atoms. The van der Waals surface area contributed by atoms with Crippen LogP contribution in [0.1, 0.15) is 20.3 Å². The molecule has 1 rings (SSSR count). The summed E-state index contributed by atoms with van der Waals surface area (Å²) in [5.41, 5.74) is 1.20. The van der Waals surface area contributed by atoms with Gasteiger partial charge in [-0.1, -0.05) is 0 Å². The van der Waals surface area contributed by atoms with Crippen molar-refractivity contribution in [3.05, 3.63) is 24.0 Å². The molecule has 0 aliphatic heterocycles. The van der Waals surface area contributed by atoms with E-state index < -0.39 is 0 Å². The predicted molar refractivity (Wildman–Crippen MR) is 86.8 cm³/mol. The van der Waals surface area contributed by atoms with Gasteiger partial charge < -0.3 is 16.0 Å². The summed E-state index contributed by atoms with van der Waals surface area (Å²) in [6.07, 6.45) is 0.355. The quantitative estimate of drug-likeness (QED) is 0.753. The maximum Gasteiger partial charge on any atom is 0.225 e. The summed E-state index contributed by atoms with van der Waals surface area (Å²) in [4.78, 5) is 11.6. The van der Waals surface area contributed by atoms with Gasteiger partial charge >= 0.3 is 0 Å². The van der Waals surface area contributed by atoms with Gasteiger partial charge in [0.05, 0.1) is 11.4 Å². The average Bonchev–Trinajstić information content (AvgIpc) is 2.29. The fraction of sp³-hybridized carbons (Fsp3) is 0.462.